The van der Waals surface area contributed by atoms with E-state index in [0.717, 1.165) is 26.8 Å². The van der Waals surface area contributed by atoms with Crippen molar-refractivity contribution in [3.8, 4) is 11.4 Å². The second-order valence-electron chi connectivity index (χ2n) is 5.20. The van der Waals surface area contributed by atoms with E-state index in [-0.39, 0.29) is 0 Å². The summed E-state index contributed by atoms with van der Waals surface area (Å²) in [5, 5.41) is 15.3. The van der Waals surface area contributed by atoms with Gasteiger partial charge in [-0.25, -0.2) is 14.6 Å². The molecule has 0 saturated carbocycles. The first-order valence-corrected chi connectivity index (χ1v) is 8.12. The average molecular weight is 398 g/mol. The van der Waals surface area contributed by atoms with Gasteiger partial charge in [-0.1, -0.05) is 15.9 Å². The molecule has 9 heteroatoms. The van der Waals surface area contributed by atoms with Gasteiger partial charge in [0.15, 0.2) is 0 Å². The van der Waals surface area contributed by atoms with Gasteiger partial charge >= 0.3 is 0 Å². The highest BCUT2D eigenvalue weighted by molar-refractivity contribution is 9.10. The Kier molecular flexibility index (Phi) is 3.98. The van der Waals surface area contributed by atoms with E-state index in [2.05, 4.69) is 46.7 Å². The Morgan fingerprint density at radius 3 is 2.88 bits per heavy atom. The smallest absolute Gasteiger partial charge is 0.227 e. The largest absolute Gasteiger partial charge is 0.497 e. The highest BCUT2D eigenvalue weighted by atomic mass is 79.9. The van der Waals surface area contributed by atoms with Crippen molar-refractivity contribution in [2.75, 3.05) is 12.4 Å². The molecule has 1 N–H and O–H groups in total. The summed E-state index contributed by atoms with van der Waals surface area (Å²) >= 11 is 3.44. The number of aromatic nitrogens is 6. The van der Waals surface area contributed by atoms with Gasteiger partial charge in [0, 0.05) is 33.9 Å². The summed E-state index contributed by atoms with van der Waals surface area (Å²) in [6.07, 6.45) is 3.29. The van der Waals surface area contributed by atoms with Gasteiger partial charge in [-0.15, -0.1) is 5.10 Å². The Bertz CT molecular complexity index is 1040. The molecule has 2 aromatic carbocycles. The third kappa shape index (κ3) is 3.26. The SMILES string of the molecule is COc1cc(Nc2ncc3cc(Br)ccc3n2)cc(-n2cnnn2)c1. The summed E-state index contributed by atoms with van der Waals surface area (Å²) in [4.78, 5) is 8.89. The van der Waals surface area contributed by atoms with E-state index in [1.807, 2.05) is 36.4 Å². The summed E-state index contributed by atoms with van der Waals surface area (Å²) in [5.41, 5.74) is 2.38. The lowest BCUT2D eigenvalue weighted by Gasteiger charge is -2.10. The van der Waals surface area contributed by atoms with Crippen LogP contribution in [0.2, 0.25) is 0 Å². The fourth-order valence-corrected chi connectivity index (χ4v) is 2.76. The number of halogens is 1. The molecule has 0 amide bonds. The lowest BCUT2D eigenvalue weighted by molar-refractivity contribution is 0.414. The maximum Gasteiger partial charge on any atom is 0.227 e. The van der Waals surface area contributed by atoms with Crippen LogP contribution in [0.15, 0.2) is 53.4 Å². The molecule has 0 unspecified atom stereocenters. The van der Waals surface area contributed by atoms with E-state index < -0.39 is 0 Å². The maximum atomic E-state index is 5.35. The molecule has 0 fully saturated rings. The highest BCUT2D eigenvalue weighted by Crippen LogP contribution is 2.25. The second-order valence-corrected chi connectivity index (χ2v) is 6.11. The Morgan fingerprint density at radius 2 is 2.08 bits per heavy atom. The first-order chi connectivity index (χ1) is 12.2. The molecule has 4 rings (SSSR count). The van der Waals surface area contributed by atoms with Crippen LogP contribution in [-0.4, -0.2) is 37.3 Å². The molecule has 0 saturated heterocycles. The van der Waals surface area contributed by atoms with Crippen LogP contribution in [0.1, 0.15) is 0 Å². The van der Waals surface area contributed by atoms with Crippen LogP contribution in [0.25, 0.3) is 16.6 Å². The molecule has 0 aliphatic carbocycles. The Balaban J connectivity index is 1.70. The van der Waals surface area contributed by atoms with Crippen molar-refractivity contribution in [1.82, 2.24) is 30.2 Å². The van der Waals surface area contributed by atoms with E-state index in [0.29, 0.717) is 11.7 Å². The van der Waals surface area contributed by atoms with Crippen molar-refractivity contribution in [2.45, 2.75) is 0 Å². The maximum absolute atomic E-state index is 5.35. The van der Waals surface area contributed by atoms with Crippen LogP contribution < -0.4 is 10.1 Å². The molecule has 124 valence electrons. The molecule has 4 aromatic rings. The van der Waals surface area contributed by atoms with Gasteiger partial charge in [0.1, 0.15) is 12.1 Å². The summed E-state index contributed by atoms with van der Waals surface area (Å²) < 4.78 is 7.88. The van der Waals surface area contributed by atoms with Crippen LogP contribution in [0, 0.1) is 0 Å². The van der Waals surface area contributed by atoms with Crippen molar-refractivity contribution >= 4 is 38.5 Å². The number of ether oxygens (including phenoxy) is 1. The van der Waals surface area contributed by atoms with Gasteiger partial charge < -0.3 is 10.1 Å². The van der Waals surface area contributed by atoms with Gasteiger partial charge in [0.05, 0.1) is 18.3 Å². The van der Waals surface area contributed by atoms with E-state index in [9.17, 15) is 0 Å². The summed E-state index contributed by atoms with van der Waals surface area (Å²) in [7, 11) is 1.60. The third-order valence-electron chi connectivity index (χ3n) is 3.54. The minimum atomic E-state index is 0.491. The molecule has 2 heterocycles. The number of hydrogen-bond acceptors (Lipinski definition) is 7. The van der Waals surface area contributed by atoms with Crippen molar-refractivity contribution in [2.24, 2.45) is 0 Å². The highest BCUT2D eigenvalue weighted by Gasteiger charge is 2.07. The number of fused-ring (bicyclic) bond motifs is 1. The first-order valence-electron chi connectivity index (χ1n) is 7.33. The fraction of sp³-hybridized carbons (Fsp3) is 0.0625. The first kappa shape index (κ1) is 15.5. The van der Waals surface area contributed by atoms with E-state index >= 15 is 0 Å². The summed E-state index contributed by atoms with van der Waals surface area (Å²) in [6.45, 7) is 0. The topological polar surface area (TPSA) is 90.6 Å². The Labute approximate surface area is 151 Å². The van der Waals surface area contributed by atoms with Crippen LogP contribution in [0.5, 0.6) is 5.75 Å². The van der Waals surface area contributed by atoms with E-state index in [1.54, 1.807) is 18.0 Å². The number of anilines is 2. The molecule has 0 aliphatic rings. The minimum Gasteiger partial charge on any atom is -0.497 e. The van der Waals surface area contributed by atoms with Crippen molar-refractivity contribution < 1.29 is 4.74 Å². The zero-order valence-corrected chi connectivity index (χ0v) is 14.7. The zero-order valence-electron chi connectivity index (χ0n) is 13.1. The molecule has 0 atom stereocenters. The molecule has 8 nitrogen and oxygen atoms in total. The average Bonchev–Trinajstić information content (AvgIpc) is 3.16. The predicted octanol–water partition coefficient (Wildman–Crippen LogP) is 3.12. The molecule has 0 spiro atoms. The van der Waals surface area contributed by atoms with Crippen molar-refractivity contribution in [3.63, 3.8) is 0 Å². The zero-order chi connectivity index (χ0) is 17.2. The van der Waals surface area contributed by atoms with Gasteiger partial charge in [0.2, 0.25) is 5.95 Å². The van der Waals surface area contributed by atoms with Crippen LogP contribution >= 0.6 is 15.9 Å². The van der Waals surface area contributed by atoms with Crippen LogP contribution in [0.3, 0.4) is 0 Å². The van der Waals surface area contributed by atoms with Gasteiger partial charge in [0.25, 0.3) is 0 Å². The molecule has 2 aromatic heterocycles. The monoisotopic (exact) mass is 397 g/mol. The normalized spacial score (nSPS) is 10.8. The molecule has 0 radical (unpaired) electrons. The van der Waals surface area contributed by atoms with E-state index in [4.69, 9.17) is 4.74 Å². The molecule has 25 heavy (non-hydrogen) atoms. The Hall–Kier alpha value is -3.07. The fourth-order valence-electron chi connectivity index (χ4n) is 2.38. The van der Waals surface area contributed by atoms with E-state index in [1.165, 1.54) is 6.33 Å². The number of nitrogens with one attached hydrogen (secondary N) is 1. The summed E-state index contributed by atoms with van der Waals surface area (Å²) in [6, 6.07) is 11.4. The van der Waals surface area contributed by atoms with Crippen molar-refractivity contribution in [3.05, 3.63) is 53.4 Å². The van der Waals surface area contributed by atoms with Crippen LogP contribution in [0.4, 0.5) is 11.6 Å². The quantitative estimate of drug-likeness (QED) is 0.565. The number of benzene rings is 2. The number of nitrogens with zero attached hydrogens (tertiary/aromatic N) is 6. The second kappa shape index (κ2) is 6.44. The third-order valence-corrected chi connectivity index (χ3v) is 4.03. The van der Waals surface area contributed by atoms with Gasteiger partial charge in [-0.2, -0.15) is 0 Å². The summed E-state index contributed by atoms with van der Waals surface area (Å²) in [5.74, 6) is 1.16. The number of tetrazole rings is 1. The standard InChI is InChI=1S/C16H12BrN7O/c1-25-14-6-12(5-13(7-14)24-9-19-22-23-24)20-16-18-8-10-4-11(17)2-3-15(10)21-16/h2-9H,1H3,(H,18,20,21). The number of rotatable bonds is 4. The lowest BCUT2D eigenvalue weighted by Crippen LogP contribution is -2.01. The Morgan fingerprint density at radius 1 is 1.16 bits per heavy atom. The van der Waals surface area contributed by atoms with Gasteiger partial charge in [-0.05, 0) is 34.7 Å². The minimum absolute atomic E-state index is 0.491. The van der Waals surface area contributed by atoms with Crippen molar-refractivity contribution in [1.29, 1.82) is 0 Å². The molecular formula is C16H12BrN7O. The number of methoxy groups -OCH3 is 1. The molecule has 0 bridgehead atoms. The predicted molar refractivity (Wildman–Crippen MR) is 96.2 cm³/mol. The molecule has 0 aliphatic heterocycles. The van der Waals surface area contributed by atoms with Gasteiger partial charge in [-0.3, -0.25) is 0 Å². The molecular weight excluding hydrogens is 386 g/mol. The van der Waals surface area contributed by atoms with Crippen LogP contribution in [-0.2, 0) is 0 Å². The lowest BCUT2D eigenvalue weighted by atomic mass is 10.2. The number of hydrogen-bond donors (Lipinski definition) is 1.